The normalized spacial score (nSPS) is 18.6. The molecule has 1 atom stereocenters. The van der Waals surface area contributed by atoms with Gasteiger partial charge in [0.05, 0.1) is 5.92 Å². The highest BCUT2D eigenvalue weighted by molar-refractivity contribution is 6.29. The van der Waals surface area contributed by atoms with Gasteiger partial charge in [0.2, 0.25) is 0 Å². The van der Waals surface area contributed by atoms with Gasteiger partial charge in [0, 0.05) is 24.3 Å². The number of carboxylic acid groups (broad SMARTS) is 1. The van der Waals surface area contributed by atoms with E-state index in [0.29, 0.717) is 18.5 Å². The van der Waals surface area contributed by atoms with Crippen LogP contribution in [0.4, 0.5) is 0 Å². The average Bonchev–Trinajstić information content (AvgIpc) is 2.86. The van der Waals surface area contributed by atoms with E-state index in [-0.39, 0.29) is 23.5 Å². The molecule has 0 bridgehead atoms. The van der Waals surface area contributed by atoms with Crippen molar-refractivity contribution in [2.45, 2.75) is 26.2 Å². The number of amides is 1. The molecule has 2 rings (SSSR count). The Kier molecular flexibility index (Phi) is 4.28. The van der Waals surface area contributed by atoms with Crippen molar-refractivity contribution in [3.8, 4) is 0 Å². The Hall–Kier alpha value is -1.62. The predicted molar refractivity (Wildman–Crippen MR) is 75.0 cm³/mol. The van der Waals surface area contributed by atoms with E-state index < -0.39 is 11.9 Å². The van der Waals surface area contributed by atoms with Gasteiger partial charge in [-0.2, -0.15) is 0 Å². The minimum atomic E-state index is -0.851. The molecular weight excluding hydrogens is 280 g/mol. The summed E-state index contributed by atoms with van der Waals surface area (Å²) < 4.78 is 0. The second-order valence-corrected chi connectivity index (χ2v) is 5.72. The lowest BCUT2D eigenvalue weighted by Crippen LogP contribution is -2.30. The van der Waals surface area contributed by atoms with Crippen molar-refractivity contribution in [3.05, 3.63) is 28.5 Å². The van der Waals surface area contributed by atoms with Crippen LogP contribution in [0.15, 0.2) is 12.1 Å². The van der Waals surface area contributed by atoms with Crippen molar-refractivity contribution in [2.24, 2.45) is 5.92 Å². The quantitative estimate of drug-likeness (QED) is 0.870. The highest BCUT2D eigenvalue weighted by Gasteiger charge is 2.31. The van der Waals surface area contributed by atoms with Crippen molar-refractivity contribution < 1.29 is 14.7 Å². The van der Waals surface area contributed by atoms with Crippen molar-refractivity contribution in [1.29, 1.82) is 0 Å². The van der Waals surface area contributed by atoms with Crippen LogP contribution in [0.3, 0.4) is 0 Å². The number of carbonyl (C=O) groups excluding carboxylic acids is 1. The molecule has 1 fully saturated rings. The van der Waals surface area contributed by atoms with Gasteiger partial charge in [-0.25, -0.2) is 4.98 Å². The molecule has 108 valence electrons. The summed E-state index contributed by atoms with van der Waals surface area (Å²) in [7, 11) is 0. The van der Waals surface area contributed by atoms with E-state index in [9.17, 15) is 9.59 Å². The van der Waals surface area contributed by atoms with Gasteiger partial charge in [-0.15, -0.1) is 0 Å². The van der Waals surface area contributed by atoms with Gasteiger partial charge < -0.3 is 10.0 Å². The van der Waals surface area contributed by atoms with E-state index in [1.54, 1.807) is 11.0 Å². The molecule has 6 heteroatoms. The first kappa shape index (κ1) is 14.8. The smallest absolute Gasteiger partial charge is 0.308 e. The third kappa shape index (κ3) is 3.10. The maximum absolute atomic E-state index is 12.4. The summed E-state index contributed by atoms with van der Waals surface area (Å²) in [6, 6.07) is 3.26. The van der Waals surface area contributed by atoms with E-state index in [0.717, 1.165) is 5.69 Å². The van der Waals surface area contributed by atoms with Crippen LogP contribution in [-0.2, 0) is 4.79 Å². The van der Waals surface area contributed by atoms with E-state index in [1.807, 2.05) is 13.8 Å². The predicted octanol–water partition coefficient (Wildman–Crippen LogP) is 2.41. The fraction of sp³-hybridized carbons (Fsp3) is 0.500. The molecule has 0 spiro atoms. The summed E-state index contributed by atoms with van der Waals surface area (Å²) in [6.45, 7) is 4.67. The van der Waals surface area contributed by atoms with Gasteiger partial charge in [-0.05, 0) is 24.5 Å². The number of halogens is 1. The summed E-state index contributed by atoms with van der Waals surface area (Å²) in [5.74, 6) is -1.33. The Morgan fingerprint density at radius 2 is 2.15 bits per heavy atom. The number of pyridine rings is 1. The molecule has 2 heterocycles. The lowest BCUT2D eigenvalue weighted by atomic mass is 10.1. The zero-order valence-corrected chi connectivity index (χ0v) is 12.2. The summed E-state index contributed by atoms with van der Waals surface area (Å²) in [5, 5.41) is 9.26. The molecule has 1 saturated heterocycles. The third-order valence-corrected chi connectivity index (χ3v) is 3.67. The third-order valence-electron chi connectivity index (χ3n) is 3.48. The number of aromatic nitrogens is 1. The Bertz CT molecular complexity index is 545. The van der Waals surface area contributed by atoms with Gasteiger partial charge in [-0.3, -0.25) is 9.59 Å². The number of nitrogens with zero attached hydrogens (tertiary/aromatic N) is 2. The van der Waals surface area contributed by atoms with Crippen molar-refractivity contribution >= 4 is 23.5 Å². The number of rotatable bonds is 3. The molecule has 5 nitrogen and oxygen atoms in total. The number of carbonyl (C=O) groups is 2. The highest BCUT2D eigenvalue weighted by atomic mass is 35.5. The largest absolute Gasteiger partial charge is 0.481 e. The molecule has 1 aromatic heterocycles. The zero-order valence-electron chi connectivity index (χ0n) is 11.5. The molecule has 1 aliphatic rings. The maximum Gasteiger partial charge on any atom is 0.308 e. The number of hydrogen-bond acceptors (Lipinski definition) is 3. The molecule has 1 N–H and O–H groups in total. The highest BCUT2D eigenvalue weighted by Crippen LogP contribution is 2.22. The standard InChI is InChI=1S/C14H17ClN2O3/c1-8(2)11-5-10(6-12(15)16-11)13(18)17-4-3-9(7-17)14(19)20/h5-6,8-9H,3-4,7H2,1-2H3,(H,19,20). The maximum atomic E-state index is 12.4. The van der Waals surface area contributed by atoms with Gasteiger partial charge in [0.15, 0.2) is 0 Å². The minimum Gasteiger partial charge on any atom is -0.481 e. The molecule has 1 amide bonds. The van der Waals surface area contributed by atoms with E-state index in [2.05, 4.69) is 4.98 Å². The number of aliphatic carboxylic acids is 1. The second kappa shape index (κ2) is 5.79. The Balaban J connectivity index is 2.20. The molecule has 0 saturated carbocycles. The van der Waals surface area contributed by atoms with Crippen LogP contribution < -0.4 is 0 Å². The Morgan fingerprint density at radius 1 is 1.45 bits per heavy atom. The lowest BCUT2D eigenvalue weighted by Gasteiger charge is -2.17. The van der Waals surface area contributed by atoms with Crippen LogP contribution in [-0.4, -0.2) is 40.0 Å². The molecular formula is C14H17ClN2O3. The summed E-state index contributed by atoms with van der Waals surface area (Å²) in [4.78, 5) is 29.1. The summed E-state index contributed by atoms with van der Waals surface area (Å²) >= 11 is 5.95. The number of likely N-dealkylation sites (tertiary alicyclic amines) is 1. The monoisotopic (exact) mass is 296 g/mol. The fourth-order valence-corrected chi connectivity index (χ4v) is 2.48. The molecule has 1 aromatic rings. The van der Waals surface area contributed by atoms with E-state index in [1.165, 1.54) is 6.07 Å². The van der Waals surface area contributed by atoms with Gasteiger partial charge in [0.25, 0.3) is 5.91 Å². The first-order valence-corrected chi connectivity index (χ1v) is 6.96. The Morgan fingerprint density at radius 3 is 2.70 bits per heavy atom. The summed E-state index contributed by atoms with van der Waals surface area (Å²) in [6.07, 6.45) is 0.497. The van der Waals surface area contributed by atoms with Crippen molar-refractivity contribution in [1.82, 2.24) is 9.88 Å². The van der Waals surface area contributed by atoms with Crippen molar-refractivity contribution in [2.75, 3.05) is 13.1 Å². The van der Waals surface area contributed by atoms with Gasteiger partial charge >= 0.3 is 5.97 Å². The molecule has 1 aliphatic heterocycles. The molecule has 0 aliphatic carbocycles. The first-order valence-electron chi connectivity index (χ1n) is 6.58. The van der Waals surface area contributed by atoms with Gasteiger partial charge in [0.1, 0.15) is 5.15 Å². The molecule has 0 radical (unpaired) electrons. The minimum absolute atomic E-state index is 0.172. The van der Waals surface area contributed by atoms with Gasteiger partial charge in [-0.1, -0.05) is 25.4 Å². The second-order valence-electron chi connectivity index (χ2n) is 5.33. The topological polar surface area (TPSA) is 70.5 Å². The lowest BCUT2D eigenvalue weighted by molar-refractivity contribution is -0.141. The van der Waals surface area contributed by atoms with E-state index >= 15 is 0 Å². The van der Waals surface area contributed by atoms with Crippen LogP contribution >= 0.6 is 11.6 Å². The van der Waals surface area contributed by atoms with Crippen LogP contribution in [0.25, 0.3) is 0 Å². The molecule has 1 unspecified atom stereocenters. The van der Waals surface area contributed by atoms with Crippen LogP contribution in [0.5, 0.6) is 0 Å². The number of hydrogen-bond donors (Lipinski definition) is 1. The Labute approximate surface area is 122 Å². The molecule has 0 aromatic carbocycles. The van der Waals surface area contributed by atoms with Crippen molar-refractivity contribution in [3.63, 3.8) is 0 Å². The zero-order chi connectivity index (χ0) is 14.9. The SMILES string of the molecule is CC(C)c1cc(C(=O)N2CCC(C(=O)O)C2)cc(Cl)n1. The molecule has 20 heavy (non-hydrogen) atoms. The summed E-state index contributed by atoms with van der Waals surface area (Å²) in [5.41, 5.74) is 1.23. The number of carboxylic acids is 1. The average molecular weight is 297 g/mol. The first-order chi connectivity index (χ1) is 9.38. The van der Waals surface area contributed by atoms with Crippen LogP contribution in [0, 0.1) is 5.92 Å². The fourth-order valence-electron chi connectivity index (χ4n) is 2.27. The van der Waals surface area contributed by atoms with E-state index in [4.69, 9.17) is 16.7 Å². The van der Waals surface area contributed by atoms with Crippen LogP contribution in [0.1, 0.15) is 42.2 Å². The van der Waals surface area contributed by atoms with Crippen LogP contribution in [0.2, 0.25) is 5.15 Å².